The van der Waals surface area contributed by atoms with Crippen LogP contribution in [-0.2, 0) is 9.53 Å². The van der Waals surface area contributed by atoms with Gasteiger partial charge in [0.2, 0.25) is 6.79 Å². The molecule has 2 aromatic carbocycles. The van der Waals surface area contributed by atoms with Crippen LogP contribution in [0.2, 0.25) is 0 Å². The van der Waals surface area contributed by atoms with Gasteiger partial charge in [0.15, 0.2) is 27.8 Å². The number of allylic oxidation sites excluding steroid dienone is 1. The standard InChI is InChI=1S/C26H23BrN2O7S/c1-5-34-25(31)22-13(2)28-26-29(23(22)14-6-7-17-20(8-14)36-12-35-17)24(30)21(37-26)10-15-9-18(32-3)19(33-4)11-16(15)27/h6-11,23H,5,12H2,1-4H3/b21-10+/t23-/m1/s1. The molecule has 2 aliphatic heterocycles. The van der Waals surface area contributed by atoms with Crippen LogP contribution in [0.3, 0.4) is 0 Å². The molecule has 11 heteroatoms. The Hall–Kier alpha value is -3.57. The van der Waals surface area contributed by atoms with Gasteiger partial charge in [-0.25, -0.2) is 9.79 Å². The Kier molecular flexibility index (Phi) is 6.82. The van der Waals surface area contributed by atoms with Gasteiger partial charge >= 0.3 is 5.97 Å². The lowest BCUT2D eigenvalue weighted by Gasteiger charge is -2.24. The van der Waals surface area contributed by atoms with E-state index in [2.05, 4.69) is 20.9 Å². The maximum atomic E-state index is 13.8. The van der Waals surface area contributed by atoms with Crippen LogP contribution in [0.5, 0.6) is 23.0 Å². The Morgan fingerprint density at radius 2 is 1.92 bits per heavy atom. The highest BCUT2D eigenvalue weighted by molar-refractivity contribution is 9.10. The maximum Gasteiger partial charge on any atom is 0.338 e. The van der Waals surface area contributed by atoms with Crippen molar-refractivity contribution >= 4 is 39.3 Å². The summed E-state index contributed by atoms with van der Waals surface area (Å²) in [5.41, 5.74) is 1.90. The van der Waals surface area contributed by atoms with Gasteiger partial charge in [0, 0.05) is 4.47 Å². The molecule has 9 nitrogen and oxygen atoms in total. The van der Waals surface area contributed by atoms with Crippen LogP contribution in [0.25, 0.3) is 6.08 Å². The lowest BCUT2D eigenvalue weighted by molar-refractivity contribution is -0.139. The van der Waals surface area contributed by atoms with E-state index >= 15 is 0 Å². The van der Waals surface area contributed by atoms with Gasteiger partial charge in [0.1, 0.15) is 0 Å². The first kappa shape index (κ1) is 25.1. The van der Waals surface area contributed by atoms with E-state index in [1.807, 2.05) is 6.07 Å². The van der Waals surface area contributed by atoms with Crippen molar-refractivity contribution in [3.8, 4) is 23.0 Å². The van der Waals surface area contributed by atoms with Gasteiger partial charge in [-0.05, 0) is 55.3 Å². The number of fused-ring (bicyclic) bond motifs is 2. The van der Waals surface area contributed by atoms with Crippen LogP contribution in [-0.4, -0.2) is 38.2 Å². The first-order valence-electron chi connectivity index (χ1n) is 11.4. The molecule has 0 unspecified atom stereocenters. The third kappa shape index (κ3) is 4.42. The van der Waals surface area contributed by atoms with Gasteiger partial charge in [0.05, 0.1) is 42.7 Å². The lowest BCUT2D eigenvalue weighted by atomic mass is 9.95. The van der Waals surface area contributed by atoms with Gasteiger partial charge in [-0.3, -0.25) is 9.36 Å². The summed E-state index contributed by atoms with van der Waals surface area (Å²) in [6.45, 7) is 3.79. The molecule has 192 valence electrons. The number of carbonyl (C=O) groups excluding carboxylic acids is 1. The van der Waals surface area contributed by atoms with E-state index in [9.17, 15) is 9.59 Å². The van der Waals surface area contributed by atoms with Crippen LogP contribution < -0.4 is 33.8 Å². The fraction of sp³-hybridized carbons (Fsp3) is 0.269. The van der Waals surface area contributed by atoms with Crippen LogP contribution >= 0.6 is 27.3 Å². The fourth-order valence-electron chi connectivity index (χ4n) is 4.31. The number of methoxy groups -OCH3 is 2. The molecule has 1 aromatic heterocycles. The molecule has 0 amide bonds. The number of esters is 1. The Bertz CT molecular complexity index is 1620. The van der Waals surface area contributed by atoms with E-state index in [1.165, 1.54) is 15.9 Å². The van der Waals surface area contributed by atoms with E-state index in [0.717, 1.165) is 10.0 Å². The second-order valence-electron chi connectivity index (χ2n) is 8.14. The predicted octanol–water partition coefficient (Wildman–Crippen LogP) is 3.31. The summed E-state index contributed by atoms with van der Waals surface area (Å²) in [7, 11) is 3.11. The molecule has 2 aliphatic rings. The molecule has 37 heavy (non-hydrogen) atoms. The zero-order chi connectivity index (χ0) is 26.3. The van der Waals surface area contributed by atoms with Crippen molar-refractivity contribution in [2.75, 3.05) is 27.6 Å². The summed E-state index contributed by atoms with van der Waals surface area (Å²) < 4.78 is 29.8. The second-order valence-corrected chi connectivity index (χ2v) is 10.0. The third-order valence-corrected chi connectivity index (χ3v) is 7.69. The van der Waals surface area contributed by atoms with E-state index in [-0.39, 0.29) is 19.0 Å². The van der Waals surface area contributed by atoms with Crippen LogP contribution in [0.15, 0.2) is 55.9 Å². The van der Waals surface area contributed by atoms with E-state index < -0.39 is 12.0 Å². The third-order valence-electron chi connectivity index (χ3n) is 6.02. The number of halogens is 1. The van der Waals surface area contributed by atoms with Crippen LogP contribution in [0.4, 0.5) is 0 Å². The largest absolute Gasteiger partial charge is 0.493 e. The molecular weight excluding hydrogens is 564 g/mol. The number of thiazole rings is 1. The summed E-state index contributed by atoms with van der Waals surface area (Å²) in [4.78, 5) is 32.0. The summed E-state index contributed by atoms with van der Waals surface area (Å²) in [5.74, 6) is 1.72. The highest BCUT2D eigenvalue weighted by Gasteiger charge is 2.34. The minimum atomic E-state index is -0.749. The highest BCUT2D eigenvalue weighted by atomic mass is 79.9. The van der Waals surface area contributed by atoms with Gasteiger partial charge < -0.3 is 23.7 Å². The number of hydrogen-bond acceptors (Lipinski definition) is 9. The summed E-state index contributed by atoms with van der Waals surface area (Å²) in [5, 5.41) is 0. The van der Waals surface area contributed by atoms with Crippen molar-refractivity contribution in [3.63, 3.8) is 0 Å². The first-order chi connectivity index (χ1) is 17.9. The first-order valence-corrected chi connectivity index (χ1v) is 13.0. The van der Waals surface area contributed by atoms with Gasteiger partial charge in [-0.15, -0.1) is 0 Å². The van der Waals surface area contributed by atoms with Crippen molar-refractivity contribution in [3.05, 3.63) is 76.9 Å². The average molecular weight is 587 g/mol. The van der Waals surface area contributed by atoms with Crippen LogP contribution in [0, 0.1) is 0 Å². The molecule has 0 saturated heterocycles. The molecule has 0 fully saturated rings. The molecule has 5 rings (SSSR count). The van der Waals surface area contributed by atoms with E-state index in [4.69, 9.17) is 23.7 Å². The maximum absolute atomic E-state index is 13.8. The zero-order valence-corrected chi connectivity index (χ0v) is 22.9. The van der Waals surface area contributed by atoms with Gasteiger partial charge in [-0.2, -0.15) is 0 Å². The molecular formula is C26H23BrN2O7S. The molecule has 3 aromatic rings. The van der Waals surface area contributed by atoms with Gasteiger partial charge in [-0.1, -0.05) is 33.3 Å². The SMILES string of the molecule is CCOC(=O)C1=C(C)N=c2s/c(=C/c3cc(OC)c(OC)cc3Br)c(=O)n2[C@@H]1c1ccc2c(c1)OCO2. The van der Waals surface area contributed by atoms with Crippen molar-refractivity contribution in [1.29, 1.82) is 0 Å². The Morgan fingerprint density at radius 3 is 2.65 bits per heavy atom. The summed E-state index contributed by atoms with van der Waals surface area (Å²) in [6.07, 6.45) is 1.76. The number of ether oxygens (including phenoxy) is 5. The Labute approximate surface area is 224 Å². The average Bonchev–Trinajstić information content (AvgIpc) is 3.47. The van der Waals surface area contributed by atoms with Crippen molar-refractivity contribution in [2.45, 2.75) is 19.9 Å². The zero-order valence-electron chi connectivity index (χ0n) is 20.5. The number of benzene rings is 2. The number of rotatable bonds is 6. The second kappa shape index (κ2) is 10.1. The van der Waals surface area contributed by atoms with E-state index in [0.29, 0.717) is 49.2 Å². The summed E-state index contributed by atoms with van der Waals surface area (Å²) >= 11 is 4.78. The monoisotopic (exact) mass is 586 g/mol. The normalized spacial score (nSPS) is 16.4. The topological polar surface area (TPSA) is 97.6 Å². The van der Waals surface area contributed by atoms with Crippen molar-refractivity contribution < 1.29 is 28.5 Å². The molecule has 0 radical (unpaired) electrons. The number of hydrogen-bond donors (Lipinski definition) is 0. The molecule has 0 bridgehead atoms. The van der Waals surface area contributed by atoms with Gasteiger partial charge in [0.25, 0.3) is 5.56 Å². The lowest BCUT2D eigenvalue weighted by Crippen LogP contribution is -2.39. The van der Waals surface area contributed by atoms with Crippen molar-refractivity contribution in [2.24, 2.45) is 4.99 Å². The molecule has 0 aliphatic carbocycles. The number of nitrogens with zero attached hydrogens (tertiary/aromatic N) is 2. The van der Waals surface area contributed by atoms with Crippen molar-refractivity contribution in [1.82, 2.24) is 4.57 Å². The van der Waals surface area contributed by atoms with E-state index in [1.54, 1.807) is 58.4 Å². The minimum Gasteiger partial charge on any atom is -0.493 e. The van der Waals surface area contributed by atoms with Crippen LogP contribution in [0.1, 0.15) is 31.0 Å². The molecule has 1 atom stereocenters. The highest BCUT2D eigenvalue weighted by Crippen LogP contribution is 2.38. The predicted molar refractivity (Wildman–Crippen MR) is 140 cm³/mol. The smallest absolute Gasteiger partial charge is 0.338 e. The quantitative estimate of drug-likeness (QED) is 0.409. The molecule has 0 N–H and O–H groups in total. The Balaban J connectivity index is 1.72. The fourth-order valence-corrected chi connectivity index (χ4v) is 5.79. The molecule has 3 heterocycles. The molecule has 0 spiro atoms. The molecule has 0 saturated carbocycles. The minimum absolute atomic E-state index is 0.112. The summed E-state index contributed by atoms with van der Waals surface area (Å²) in [6, 6.07) is 8.18. The Morgan fingerprint density at radius 1 is 1.19 bits per heavy atom. The number of aromatic nitrogens is 1. The number of carbonyl (C=O) groups is 1.